The third-order valence-corrected chi connectivity index (χ3v) is 8.98. The Morgan fingerprint density at radius 3 is 2.42 bits per heavy atom. The lowest BCUT2D eigenvalue weighted by atomic mass is 9.72. The average Bonchev–Trinajstić information content (AvgIpc) is 3.38. The molecule has 0 unspecified atom stereocenters. The summed E-state index contributed by atoms with van der Waals surface area (Å²) in [5.74, 6) is -3.93. The van der Waals surface area contributed by atoms with Gasteiger partial charge < -0.3 is 35.2 Å². The number of carbonyl (C=O) groups excluding carboxylic acids is 2. The smallest absolute Gasteiger partial charge is 0.534 e. The summed E-state index contributed by atoms with van der Waals surface area (Å²) in [4.78, 5) is 57.0. The molecule has 6 N–H and O–H groups in total. The van der Waals surface area contributed by atoms with E-state index in [1.54, 1.807) is 6.07 Å². The van der Waals surface area contributed by atoms with Crippen molar-refractivity contribution in [3.63, 3.8) is 0 Å². The molecule has 214 valence electrons. The van der Waals surface area contributed by atoms with Crippen molar-refractivity contribution in [1.82, 2.24) is 14.9 Å². The highest BCUT2D eigenvalue weighted by Crippen LogP contribution is 2.34. The molecule has 0 radical (unpaired) electrons. The highest BCUT2D eigenvalue weighted by molar-refractivity contribution is 7.88. The van der Waals surface area contributed by atoms with Crippen LogP contribution in [0.4, 0.5) is 0 Å². The molecule has 2 aliphatic rings. The molecule has 0 saturated carbocycles. The fourth-order valence-corrected chi connectivity index (χ4v) is 6.44. The van der Waals surface area contributed by atoms with Crippen LogP contribution in [0.2, 0.25) is 0 Å². The molecule has 2 aromatic rings. The van der Waals surface area contributed by atoms with E-state index in [2.05, 4.69) is 10.6 Å². The number of amides is 2. The van der Waals surface area contributed by atoms with Crippen molar-refractivity contribution in [3.8, 4) is 5.75 Å². The Hall–Kier alpha value is -3.27. The molecule has 2 heterocycles. The Kier molecular flexibility index (Phi) is 8.40. The normalized spacial score (nSPS) is 20.2. The van der Waals surface area contributed by atoms with Gasteiger partial charge in [0, 0.05) is 6.54 Å². The highest BCUT2D eigenvalue weighted by atomic mass is 32.2. The fraction of sp³-hybridized carbons (Fsp3) is 0.348. The lowest BCUT2D eigenvalue weighted by Crippen LogP contribution is -2.56. The SMILES string of the molecule is CS(=O)(=O)N1CCC[C@@H]1C(=O)N[C@H](C(=O)N[C@H]1Cc2cccc(C(=O)O)c2OB1O)c1ccc(P(=O)(O)O)cc1. The second kappa shape index (κ2) is 11.3. The molecule has 17 heteroatoms. The van der Waals surface area contributed by atoms with Gasteiger partial charge in [0.05, 0.1) is 23.1 Å². The van der Waals surface area contributed by atoms with Crippen molar-refractivity contribution in [3.05, 3.63) is 59.2 Å². The van der Waals surface area contributed by atoms with Gasteiger partial charge in [-0.15, -0.1) is 0 Å². The van der Waals surface area contributed by atoms with Crippen LogP contribution in [0.25, 0.3) is 0 Å². The molecule has 1 saturated heterocycles. The van der Waals surface area contributed by atoms with E-state index in [9.17, 15) is 47.3 Å². The van der Waals surface area contributed by atoms with E-state index in [4.69, 9.17) is 4.65 Å². The van der Waals surface area contributed by atoms with E-state index < -0.39 is 60.5 Å². The quantitative estimate of drug-likeness (QED) is 0.159. The van der Waals surface area contributed by atoms with Gasteiger partial charge in [0.15, 0.2) is 0 Å². The number of carboxylic acids is 1. The topological polar surface area (TPSA) is 220 Å². The fourth-order valence-electron chi connectivity index (χ4n) is 4.78. The molecule has 0 aromatic heterocycles. The van der Waals surface area contributed by atoms with Crippen LogP contribution in [-0.4, -0.2) is 82.3 Å². The van der Waals surface area contributed by atoms with Crippen molar-refractivity contribution in [2.45, 2.75) is 37.3 Å². The number of fused-ring (bicyclic) bond motifs is 1. The van der Waals surface area contributed by atoms with Gasteiger partial charge in [-0.25, -0.2) is 13.2 Å². The zero-order chi connectivity index (χ0) is 29.4. The number of nitrogens with one attached hydrogen (secondary N) is 2. The molecule has 14 nitrogen and oxygen atoms in total. The summed E-state index contributed by atoms with van der Waals surface area (Å²) in [5, 5.41) is 24.7. The number of para-hydroxylation sites is 1. The Morgan fingerprint density at radius 2 is 1.82 bits per heavy atom. The lowest BCUT2D eigenvalue weighted by Gasteiger charge is -2.31. The van der Waals surface area contributed by atoms with Crippen LogP contribution in [0, 0.1) is 0 Å². The number of nitrogens with zero attached hydrogens (tertiary/aromatic N) is 1. The van der Waals surface area contributed by atoms with Gasteiger partial charge in [-0.1, -0.05) is 24.3 Å². The summed E-state index contributed by atoms with van der Waals surface area (Å²) < 4.78 is 42.3. The third kappa shape index (κ3) is 6.38. The molecule has 0 bridgehead atoms. The van der Waals surface area contributed by atoms with Gasteiger partial charge >= 0.3 is 20.7 Å². The Balaban J connectivity index is 1.60. The average molecular weight is 595 g/mol. The van der Waals surface area contributed by atoms with Crippen molar-refractivity contribution in [1.29, 1.82) is 0 Å². The van der Waals surface area contributed by atoms with E-state index in [1.165, 1.54) is 24.3 Å². The van der Waals surface area contributed by atoms with Crippen LogP contribution in [-0.2, 0) is 30.6 Å². The second-order valence-corrected chi connectivity index (χ2v) is 13.1. The first kappa shape index (κ1) is 29.7. The monoisotopic (exact) mass is 595 g/mol. The van der Waals surface area contributed by atoms with Gasteiger partial charge in [0.2, 0.25) is 21.8 Å². The van der Waals surface area contributed by atoms with E-state index in [-0.39, 0.29) is 41.6 Å². The van der Waals surface area contributed by atoms with Crippen LogP contribution < -0.4 is 20.6 Å². The van der Waals surface area contributed by atoms with Gasteiger partial charge in [-0.05, 0) is 48.6 Å². The van der Waals surface area contributed by atoms with E-state index in [0.29, 0.717) is 12.0 Å². The summed E-state index contributed by atoms with van der Waals surface area (Å²) >= 11 is 0. The van der Waals surface area contributed by atoms with Gasteiger partial charge in [0.25, 0.3) is 0 Å². The van der Waals surface area contributed by atoms with Crippen LogP contribution in [0.5, 0.6) is 5.75 Å². The maximum Gasteiger partial charge on any atom is 0.547 e. The van der Waals surface area contributed by atoms with Crippen molar-refractivity contribution in [2.24, 2.45) is 0 Å². The first-order valence-electron chi connectivity index (χ1n) is 12.1. The molecule has 0 aliphatic carbocycles. The summed E-state index contributed by atoms with van der Waals surface area (Å²) in [6.45, 7) is 0.133. The van der Waals surface area contributed by atoms with Crippen molar-refractivity contribution in [2.75, 3.05) is 12.8 Å². The third-order valence-electron chi connectivity index (χ3n) is 6.72. The Labute approximate surface area is 229 Å². The summed E-state index contributed by atoms with van der Waals surface area (Å²) in [7, 11) is -9.95. The molecule has 4 rings (SSSR count). The molecule has 0 spiro atoms. The number of carboxylic acid groups (broad SMARTS) is 1. The summed E-state index contributed by atoms with van der Waals surface area (Å²) in [6, 6.07) is 6.54. The number of sulfonamides is 1. The van der Waals surface area contributed by atoms with Crippen LogP contribution in [0.3, 0.4) is 0 Å². The maximum atomic E-state index is 13.5. The van der Waals surface area contributed by atoms with Crippen molar-refractivity contribution < 1.29 is 51.9 Å². The molecule has 2 aromatic carbocycles. The van der Waals surface area contributed by atoms with E-state index in [1.807, 2.05) is 0 Å². The van der Waals surface area contributed by atoms with Crippen molar-refractivity contribution >= 4 is 47.8 Å². The Morgan fingerprint density at radius 1 is 1.15 bits per heavy atom. The maximum absolute atomic E-state index is 13.5. The van der Waals surface area contributed by atoms with E-state index in [0.717, 1.165) is 22.7 Å². The molecular weight excluding hydrogens is 568 g/mol. The number of benzene rings is 2. The number of rotatable bonds is 8. The zero-order valence-electron chi connectivity index (χ0n) is 21.1. The number of aromatic carboxylic acids is 1. The minimum absolute atomic E-state index is 0.00828. The molecule has 2 aliphatic heterocycles. The van der Waals surface area contributed by atoms with Crippen LogP contribution in [0.15, 0.2) is 42.5 Å². The predicted octanol–water partition coefficient (Wildman–Crippen LogP) is -1.09. The Bertz CT molecular complexity index is 1480. The van der Waals surface area contributed by atoms with Crippen LogP contribution in [0.1, 0.15) is 40.4 Å². The summed E-state index contributed by atoms with van der Waals surface area (Å²) in [6.07, 6.45) is 1.62. The largest absolute Gasteiger partial charge is 0.547 e. The lowest BCUT2D eigenvalue weighted by molar-refractivity contribution is -0.131. The van der Waals surface area contributed by atoms with Gasteiger partial charge in [-0.2, -0.15) is 4.31 Å². The molecule has 40 heavy (non-hydrogen) atoms. The second-order valence-electron chi connectivity index (χ2n) is 9.54. The predicted molar refractivity (Wildman–Crippen MR) is 141 cm³/mol. The number of hydrogen-bond acceptors (Lipinski definition) is 8. The van der Waals surface area contributed by atoms with Gasteiger partial charge in [0.1, 0.15) is 17.8 Å². The summed E-state index contributed by atoms with van der Waals surface area (Å²) in [5.41, 5.74) is 0.382. The molecule has 3 atom stereocenters. The minimum Gasteiger partial charge on any atom is -0.534 e. The molecule has 2 amide bonds. The van der Waals surface area contributed by atoms with E-state index >= 15 is 0 Å². The molecule has 1 fully saturated rings. The number of hydrogen-bond donors (Lipinski definition) is 6. The number of carbonyl (C=O) groups is 3. The minimum atomic E-state index is -4.60. The van der Waals surface area contributed by atoms with Gasteiger partial charge in [-0.3, -0.25) is 14.2 Å². The standard InChI is InChI=1S/C23H27BN3O11PS/c1-40(36,37)27-11-3-6-17(27)21(28)26-19(13-7-9-15(10-8-13)39(33,34)35)22(29)25-18-12-14-4-2-5-16(23(30)31)20(14)38-24(18)32/h2,4-5,7-10,17-19,32H,3,6,11-12H2,1H3,(H,25,29)(H,26,28)(H,30,31)(H2,33,34,35)/t17-,18+,19+/m1/s1. The first-order valence-corrected chi connectivity index (χ1v) is 15.6. The first-order chi connectivity index (χ1) is 18.7. The molecular formula is C23H27BN3O11PS. The van der Waals surface area contributed by atoms with Crippen LogP contribution >= 0.6 is 7.60 Å². The zero-order valence-corrected chi connectivity index (χ0v) is 22.8. The highest BCUT2D eigenvalue weighted by Gasteiger charge is 2.41.